The van der Waals surface area contributed by atoms with Gasteiger partial charge in [0.05, 0.1) is 18.0 Å². The highest BCUT2D eigenvalue weighted by molar-refractivity contribution is 7.92. The molecule has 0 aromatic heterocycles. The Morgan fingerprint density at radius 1 is 1.12 bits per heavy atom. The summed E-state index contributed by atoms with van der Waals surface area (Å²) in [5.74, 6) is 0.751. The largest absolute Gasteiger partial charge is 0.487 e. The molecule has 0 aliphatic carbocycles. The fourth-order valence-corrected chi connectivity index (χ4v) is 5.41. The third-order valence-electron chi connectivity index (χ3n) is 6.37. The van der Waals surface area contributed by atoms with Gasteiger partial charge in [-0.2, -0.15) is 0 Å². The third-order valence-corrected chi connectivity index (χ3v) is 7.55. The first kappa shape index (κ1) is 24.1. The molecular formula is C25H34N2O4S. The quantitative estimate of drug-likeness (QED) is 0.589. The van der Waals surface area contributed by atoms with E-state index in [1.807, 2.05) is 49.4 Å². The molecule has 0 bridgehead atoms. The van der Waals surface area contributed by atoms with Crippen LogP contribution in [-0.2, 0) is 14.8 Å². The summed E-state index contributed by atoms with van der Waals surface area (Å²) in [6, 6.07) is 15.1. The first-order chi connectivity index (χ1) is 15.2. The number of hydrogen-bond acceptors (Lipinski definition) is 4. The van der Waals surface area contributed by atoms with Crippen LogP contribution in [-0.4, -0.2) is 32.7 Å². The molecule has 0 fully saturated rings. The van der Waals surface area contributed by atoms with Crippen LogP contribution in [0.15, 0.2) is 48.5 Å². The summed E-state index contributed by atoms with van der Waals surface area (Å²) in [6.45, 7) is 6.37. The molecule has 6 nitrogen and oxygen atoms in total. The van der Waals surface area contributed by atoms with E-state index in [1.54, 1.807) is 6.07 Å². The smallest absolute Gasteiger partial charge is 0.232 e. The van der Waals surface area contributed by atoms with Crippen LogP contribution in [0.1, 0.15) is 63.1 Å². The number of sulfonamides is 1. The average molecular weight is 459 g/mol. The Morgan fingerprint density at radius 3 is 2.44 bits per heavy atom. The lowest BCUT2D eigenvalue weighted by Crippen LogP contribution is -2.44. The second-order valence-corrected chi connectivity index (χ2v) is 10.5. The second kappa shape index (κ2) is 9.94. The Labute approximate surface area is 192 Å². The van der Waals surface area contributed by atoms with Gasteiger partial charge in [0.1, 0.15) is 11.4 Å². The van der Waals surface area contributed by atoms with Gasteiger partial charge in [-0.15, -0.1) is 0 Å². The van der Waals surface area contributed by atoms with E-state index in [4.69, 9.17) is 4.74 Å². The summed E-state index contributed by atoms with van der Waals surface area (Å²) in [6.07, 6.45) is 4.34. The van der Waals surface area contributed by atoms with Crippen molar-refractivity contribution in [2.24, 2.45) is 0 Å². The normalized spacial score (nSPS) is 17.2. The summed E-state index contributed by atoms with van der Waals surface area (Å²) < 4.78 is 32.4. The maximum Gasteiger partial charge on any atom is 0.232 e. The molecule has 1 aliphatic heterocycles. The summed E-state index contributed by atoms with van der Waals surface area (Å²) in [5.41, 5.74) is 2.25. The van der Waals surface area contributed by atoms with Crippen molar-refractivity contribution in [3.8, 4) is 5.75 Å². The van der Waals surface area contributed by atoms with Gasteiger partial charge in [0.15, 0.2) is 0 Å². The van der Waals surface area contributed by atoms with Crippen LogP contribution >= 0.6 is 0 Å². The van der Waals surface area contributed by atoms with E-state index in [1.165, 1.54) is 10.6 Å². The van der Waals surface area contributed by atoms with Crippen LogP contribution in [0.5, 0.6) is 5.75 Å². The van der Waals surface area contributed by atoms with Crippen LogP contribution in [0.2, 0.25) is 0 Å². The molecule has 2 aromatic rings. The van der Waals surface area contributed by atoms with E-state index < -0.39 is 10.0 Å². The number of amides is 1. The van der Waals surface area contributed by atoms with Crippen LogP contribution in [0.4, 0.5) is 5.69 Å². The van der Waals surface area contributed by atoms with Crippen LogP contribution in [0, 0.1) is 6.92 Å². The number of carbonyl (C=O) groups excluding carboxylic acids is 1. The lowest BCUT2D eigenvalue weighted by molar-refractivity contribution is -0.122. The summed E-state index contributed by atoms with van der Waals surface area (Å²) in [7, 11) is -3.44. The highest BCUT2D eigenvalue weighted by atomic mass is 32.2. The van der Waals surface area contributed by atoms with E-state index in [0.29, 0.717) is 12.1 Å². The number of hydrogen-bond donors (Lipinski definition) is 1. The predicted octanol–water partition coefficient (Wildman–Crippen LogP) is 4.74. The van der Waals surface area contributed by atoms with Crippen LogP contribution in [0.25, 0.3) is 0 Å². The van der Waals surface area contributed by atoms with Crippen LogP contribution in [0.3, 0.4) is 0 Å². The lowest BCUT2D eigenvalue weighted by Gasteiger charge is -2.41. The van der Waals surface area contributed by atoms with Crippen molar-refractivity contribution < 1.29 is 17.9 Å². The molecule has 32 heavy (non-hydrogen) atoms. The molecule has 1 amide bonds. The number of anilines is 1. The monoisotopic (exact) mass is 458 g/mol. The molecule has 1 N–H and O–H groups in total. The minimum atomic E-state index is -3.44. The Hall–Kier alpha value is -2.54. The molecular weight excluding hydrogens is 424 g/mol. The topological polar surface area (TPSA) is 75.7 Å². The fraction of sp³-hybridized carbons (Fsp3) is 0.480. The molecule has 7 heteroatoms. The molecule has 0 radical (unpaired) electrons. The van der Waals surface area contributed by atoms with E-state index >= 15 is 0 Å². The number of aryl methyl sites for hydroxylation is 1. The number of fused-ring (bicyclic) bond motifs is 1. The minimum Gasteiger partial charge on any atom is -0.487 e. The lowest BCUT2D eigenvalue weighted by atomic mass is 9.83. The number of carbonyl (C=O) groups is 1. The second-order valence-electron chi connectivity index (χ2n) is 8.58. The van der Waals surface area contributed by atoms with Crippen molar-refractivity contribution >= 4 is 21.6 Å². The zero-order valence-corrected chi connectivity index (χ0v) is 20.2. The van der Waals surface area contributed by atoms with Crippen LogP contribution < -0.4 is 14.4 Å². The SMILES string of the molecule is CCC1(CC)C[C@H](NC(=O)CCCN(c2ccccc2C)S(C)(=O)=O)c2ccccc2O1. The molecule has 0 saturated heterocycles. The number of benzene rings is 2. The van der Waals surface area contributed by atoms with Gasteiger partial charge < -0.3 is 10.1 Å². The van der Waals surface area contributed by atoms with E-state index in [0.717, 1.165) is 36.1 Å². The maximum absolute atomic E-state index is 12.8. The van der Waals surface area contributed by atoms with Gasteiger partial charge in [0, 0.05) is 24.9 Å². The fourth-order valence-electron chi connectivity index (χ4n) is 4.39. The zero-order chi connectivity index (χ0) is 23.4. The molecule has 0 unspecified atom stereocenters. The standard InChI is InChI=1S/C25H34N2O4S/c1-5-25(6-2)18-21(20-13-8-10-15-23(20)31-25)26-24(28)16-11-17-27(32(4,29)30)22-14-9-7-12-19(22)3/h7-10,12-15,21H,5-6,11,16-18H2,1-4H3,(H,26,28)/t21-/m0/s1. The van der Waals surface area contributed by atoms with Gasteiger partial charge in [0.2, 0.25) is 15.9 Å². The summed E-state index contributed by atoms with van der Waals surface area (Å²) in [4.78, 5) is 12.8. The molecule has 174 valence electrons. The minimum absolute atomic E-state index is 0.0777. The molecule has 2 aromatic carbocycles. The average Bonchev–Trinajstić information content (AvgIpc) is 2.76. The molecule has 0 spiro atoms. The van der Waals surface area contributed by atoms with E-state index in [-0.39, 0.29) is 30.5 Å². The first-order valence-corrected chi connectivity index (χ1v) is 13.1. The van der Waals surface area contributed by atoms with Gasteiger partial charge in [-0.1, -0.05) is 50.2 Å². The molecule has 1 heterocycles. The summed E-state index contributed by atoms with van der Waals surface area (Å²) >= 11 is 0. The highest BCUT2D eigenvalue weighted by Gasteiger charge is 2.38. The molecule has 0 saturated carbocycles. The number of para-hydroxylation sites is 2. The van der Waals surface area contributed by atoms with E-state index in [2.05, 4.69) is 19.2 Å². The molecule has 1 aliphatic rings. The van der Waals surface area contributed by atoms with Gasteiger partial charge in [-0.3, -0.25) is 9.10 Å². The Kier molecular flexibility index (Phi) is 7.49. The molecule has 1 atom stereocenters. The first-order valence-electron chi connectivity index (χ1n) is 11.3. The van der Waals surface area contributed by atoms with Crippen molar-refractivity contribution in [2.75, 3.05) is 17.1 Å². The number of ether oxygens (including phenoxy) is 1. The Balaban J connectivity index is 1.67. The Bertz CT molecular complexity index is 1050. The van der Waals surface area contributed by atoms with Crippen molar-refractivity contribution in [3.63, 3.8) is 0 Å². The van der Waals surface area contributed by atoms with Gasteiger partial charge in [-0.05, 0) is 43.9 Å². The van der Waals surface area contributed by atoms with Crippen molar-refractivity contribution in [2.45, 2.75) is 64.5 Å². The number of rotatable bonds is 9. The number of nitrogens with one attached hydrogen (secondary N) is 1. The maximum atomic E-state index is 12.8. The van der Waals surface area contributed by atoms with Gasteiger partial charge in [0.25, 0.3) is 0 Å². The Morgan fingerprint density at radius 2 is 1.78 bits per heavy atom. The van der Waals surface area contributed by atoms with Crippen molar-refractivity contribution in [3.05, 3.63) is 59.7 Å². The van der Waals surface area contributed by atoms with Crippen molar-refractivity contribution in [1.82, 2.24) is 5.32 Å². The van der Waals surface area contributed by atoms with Crippen molar-refractivity contribution in [1.29, 1.82) is 0 Å². The predicted molar refractivity (Wildman–Crippen MR) is 128 cm³/mol. The molecule has 3 rings (SSSR count). The zero-order valence-electron chi connectivity index (χ0n) is 19.4. The van der Waals surface area contributed by atoms with Gasteiger partial charge >= 0.3 is 0 Å². The summed E-state index contributed by atoms with van der Waals surface area (Å²) in [5, 5.41) is 3.18. The number of nitrogens with zero attached hydrogens (tertiary/aromatic N) is 1. The highest BCUT2D eigenvalue weighted by Crippen LogP contribution is 2.42. The van der Waals surface area contributed by atoms with Gasteiger partial charge in [-0.25, -0.2) is 8.42 Å². The third kappa shape index (κ3) is 5.44. The van der Waals surface area contributed by atoms with E-state index in [9.17, 15) is 13.2 Å².